The first kappa shape index (κ1) is 15.2. The van der Waals surface area contributed by atoms with Crippen LogP contribution in [0.4, 0.5) is 5.82 Å². The second-order valence-corrected chi connectivity index (χ2v) is 5.14. The van der Waals surface area contributed by atoms with E-state index in [1.54, 1.807) is 5.38 Å². The van der Waals surface area contributed by atoms with Gasteiger partial charge in [0.1, 0.15) is 12.1 Å². The molecule has 0 bridgehead atoms. The molecule has 7 nitrogen and oxygen atoms in total. The van der Waals surface area contributed by atoms with Crippen LogP contribution in [-0.2, 0) is 6.42 Å². The van der Waals surface area contributed by atoms with Crippen LogP contribution in [0.5, 0.6) is 5.88 Å². The van der Waals surface area contributed by atoms with E-state index in [9.17, 15) is 4.79 Å². The van der Waals surface area contributed by atoms with Gasteiger partial charge in [0.05, 0.1) is 17.2 Å². The van der Waals surface area contributed by atoms with Crippen molar-refractivity contribution in [1.29, 1.82) is 0 Å². The molecular formula is C13H16N4O3S. The predicted molar refractivity (Wildman–Crippen MR) is 79.2 cm³/mol. The van der Waals surface area contributed by atoms with Gasteiger partial charge in [0.15, 0.2) is 5.69 Å². The summed E-state index contributed by atoms with van der Waals surface area (Å²) in [6.45, 7) is 4.95. The lowest BCUT2D eigenvalue weighted by Crippen LogP contribution is -2.09. The molecule has 2 N–H and O–H groups in total. The lowest BCUT2D eigenvalue weighted by Gasteiger charge is -2.10. The fourth-order valence-corrected chi connectivity index (χ4v) is 2.48. The molecule has 0 atom stereocenters. The Morgan fingerprint density at radius 3 is 2.95 bits per heavy atom. The Morgan fingerprint density at radius 1 is 1.48 bits per heavy atom. The Labute approximate surface area is 126 Å². The molecule has 0 radical (unpaired) electrons. The van der Waals surface area contributed by atoms with Gasteiger partial charge < -0.3 is 15.2 Å². The molecule has 2 aromatic rings. The van der Waals surface area contributed by atoms with Crippen molar-refractivity contribution in [2.45, 2.75) is 20.3 Å². The standard InChI is InChI=1S/C13H16N4O3S/c1-3-20-12-8(2)11(15-7-16-12)14-5-4-10-17-9(6-21-10)13(18)19/h6-7H,3-5H2,1-2H3,(H,18,19)(H,14,15,16). The van der Waals surface area contributed by atoms with E-state index >= 15 is 0 Å². The maximum Gasteiger partial charge on any atom is 0.355 e. The molecule has 2 rings (SSSR count). The highest BCUT2D eigenvalue weighted by Gasteiger charge is 2.10. The molecule has 0 fully saturated rings. The van der Waals surface area contributed by atoms with Gasteiger partial charge in [-0.2, -0.15) is 0 Å². The van der Waals surface area contributed by atoms with Gasteiger partial charge in [-0.05, 0) is 13.8 Å². The summed E-state index contributed by atoms with van der Waals surface area (Å²) in [5.74, 6) is 0.277. The first-order valence-electron chi connectivity index (χ1n) is 6.47. The number of rotatable bonds is 7. The van der Waals surface area contributed by atoms with Crippen LogP contribution in [0, 0.1) is 6.92 Å². The normalized spacial score (nSPS) is 10.4. The van der Waals surface area contributed by atoms with E-state index in [1.165, 1.54) is 17.7 Å². The van der Waals surface area contributed by atoms with Gasteiger partial charge >= 0.3 is 5.97 Å². The Balaban J connectivity index is 1.93. The molecule has 0 aromatic carbocycles. The molecule has 0 spiro atoms. The summed E-state index contributed by atoms with van der Waals surface area (Å²) in [5.41, 5.74) is 0.941. The third-order valence-corrected chi connectivity index (χ3v) is 3.63. The van der Waals surface area contributed by atoms with E-state index in [4.69, 9.17) is 9.84 Å². The number of carboxylic acids is 1. The van der Waals surface area contributed by atoms with Crippen LogP contribution >= 0.6 is 11.3 Å². The first-order chi connectivity index (χ1) is 10.1. The molecule has 8 heteroatoms. The largest absolute Gasteiger partial charge is 0.478 e. The summed E-state index contributed by atoms with van der Waals surface area (Å²) >= 11 is 1.34. The fraction of sp³-hybridized carbons (Fsp3) is 0.385. The molecule has 2 aromatic heterocycles. The van der Waals surface area contributed by atoms with E-state index in [0.29, 0.717) is 31.3 Å². The topological polar surface area (TPSA) is 97.2 Å². The van der Waals surface area contributed by atoms with Crippen molar-refractivity contribution >= 4 is 23.1 Å². The molecule has 0 aliphatic heterocycles. The van der Waals surface area contributed by atoms with Crippen molar-refractivity contribution in [3.05, 3.63) is 28.0 Å². The molecule has 0 saturated carbocycles. The zero-order chi connectivity index (χ0) is 15.2. The number of hydrogen-bond donors (Lipinski definition) is 2. The van der Waals surface area contributed by atoms with Crippen LogP contribution in [0.25, 0.3) is 0 Å². The van der Waals surface area contributed by atoms with Gasteiger partial charge in [0, 0.05) is 18.3 Å². The van der Waals surface area contributed by atoms with Crippen molar-refractivity contribution in [3.8, 4) is 5.88 Å². The molecule has 21 heavy (non-hydrogen) atoms. The fourth-order valence-electron chi connectivity index (χ4n) is 1.71. The van der Waals surface area contributed by atoms with Crippen molar-refractivity contribution in [2.24, 2.45) is 0 Å². The second kappa shape index (κ2) is 6.98. The molecule has 0 saturated heterocycles. The Hall–Kier alpha value is -2.22. The monoisotopic (exact) mass is 308 g/mol. The van der Waals surface area contributed by atoms with Gasteiger partial charge in [-0.15, -0.1) is 11.3 Å². The number of nitrogens with zero attached hydrogens (tertiary/aromatic N) is 3. The summed E-state index contributed by atoms with van der Waals surface area (Å²) in [6.07, 6.45) is 2.08. The summed E-state index contributed by atoms with van der Waals surface area (Å²) in [5, 5.41) is 14.3. The van der Waals surface area contributed by atoms with Crippen molar-refractivity contribution in [2.75, 3.05) is 18.5 Å². The molecule has 112 valence electrons. The number of carboxylic acid groups (broad SMARTS) is 1. The smallest absolute Gasteiger partial charge is 0.355 e. The first-order valence-corrected chi connectivity index (χ1v) is 7.35. The van der Waals surface area contributed by atoms with Gasteiger partial charge in [0.25, 0.3) is 0 Å². The summed E-state index contributed by atoms with van der Waals surface area (Å²) in [4.78, 5) is 23.0. The number of carbonyl (C=O) groups is 1. The van der Waals surface area contributed by atoms with Crippen molar-refractivity contribution < 1.29 is 14.6 Å². The van der Waals surface area contributed by atoms with Gasteiger partial charge in [0.2, 0.25) is 5.88 Å². The van der Waals surface area contributed by atoms with E-state index in [-0.39, 0.29) is 5.69 Å². The lowest BCUT2D eigenvalue weighted by molar-refractivity contribution is 0.0691. The van der Waals surface area contributed by atoms with Crippen LogP contribution in [0.2, 0.25) is 0 Å². The SMILES string of the molecule is CCOc1ncnc(NCCc2nc(C(=O)O)cs2)c1C. The number of nitrogens with one attached hydrogen (secondary N) is 1. The summed E-state index contributed by atoms with van der Waals surface area (Å²) in [6, 6.07) is 0. The molecule has 0 unspecified atom stereocenters. The Morgan fingerprint density at radius 2 is 2.29 bits per heavy atom. The Kier molecular flexibility index (Phi) is 5.04. The summed E-state index contributed by atoms with van der Waals surface area (Å²) < 4.78 is 5.40. The number of thiazole rings is 1. The van der Waals surface area contributed by atoms with Crippen LogP contribution < -0.4 is 10.1 Å². The van der Waals surface area contributed by atoms with Crippen LogP contribution in [0.3, 0.4) is 0 Å². The highest BCUT2D eigenvalue weighted by Crippen LogP contribution is 2.20. The zero-order valence-electron chi connectivity index (χ0n) is 11.8. The van der Waals surface area contributed by atoms with Crippen LogP contribution in [-0.4, -0.2) is 39.2 Å². The molecule has 0 aliphatic rings. The number of aromatic nitrogens is 3. The maximum atomic E-state index is 10.8. The molecule has 2 heterocycles. The minimum Gasteiger partial charge on any atom is -0.478 e. The van der Waals surface area contributed by atoms with E-state index in [2.05, 4.69) is 20.3 Å². The highest BCUT2D eigenvalue weighted by atomic mass is 32.1. The van der Waals surface area contributed by atoms with E-state index in [0.717, 1.165) is 10.6 Å². The van der Waals surface area contributed by atoms with E-state index in [1.807, 2.05) is 13.8 Å². The average molecular weight is 308 g/mol. The number of anilines is 1. The minimum atomic E-state index is -1.00. The molecule has 0 amide bonds. The number of hydrogen-bond acceptors (Lipinski definition) is 7. The maximum absolute atomic E-state index is 10.8. The van der Waals surface area contributed by atoms with Gasteiger partial charge in [-0.3, -0.25) is 0 Å². The molecular weight excluding hydrogens is 292 g/mol. The minimum absolute atomic E-state index is 0.0897. The second-order valence-electron chi connectivity index (χ2n) is 4.19. The van der Waals surface area contributed by atoms with Crippen LogP contribution in [0.15, 0.2) is 11.7 Å². The predicted octanol–water partition coefficient (Wildman–Crippen LogP) is 1.99. The zero-order valence-corrected chi connectivity index (χ0v) is 12.6. The highest BCUT2D eigenvalue weighted by molar-refractivity contribution is 7.09. The third-order valence-electron chi connectivity index (χ3n) is 2.72. The quantitative estimate of drug-likeness (QED) is 0.807. The van der Waals surface area contributed by atoms with Crippen LogP contribution in [0.1, 0.15) is 28.0 Å². The number of ether oxygens (including phenoxy) is 1. The number of aromatic carboxylic acids is 1. The van der Waals surface area contributed by atoms with Crippen molar-refractivity contribution in [3.63, 3.8) is 0 Å². The van der Waals surface area contributed by atoms with Crippen molar-refractivity contribution in [1.82, 2.24) is 15.0 Å². The third kappa shape index (κ3) is 3.88. The van der Waals surface area contributed by atoms with Gasteiger partial charge in [-0.25, -0.2) is 19.7 Å². The Bertz CT molecular complexity index is 630. The molecule has 0 aliphatic carbocycles. The van der Waals surface area contributed by atoms with E-state index < -0.39 is 5.97 Å². The summed E-state index contributed by atoms with van der Waals surface area (Å²) in [7, 11) is 0. The average Bonchev–Trinajstić information content (AvgIpc) is 2.92. The van der Waals surface area contributed by atoms with Gasteiger partial charge in [-0.1, -0.05) is 0 Å². The lowest BCUT2D eigenvalue weighted by atomic mass is 10.3.